The van der Waals surface area contributed by atoms with E-state index in [0.29, 0.717) is 11.9 Å². The highest BCUT2D eigenvalue weighted by atomic mass is 14.9. The second-order valence-corrected chi connectivity index (χ2v) is 5.75. The Hall–Kier alpha value is -1.09. The topological polar surface area (TPSA) is 50.9 Å². The van der Waals surface area contributed by atoms with E-state index in [-0.39, 0.29) is 0 Å². The Morgan fingerprint density at radius 1 is 1.26 bits per heavy atom. The molecule has 3 N–H and O–H groups in total. The molecule has 1 aromatic rings. The summed E-state index contributed by atoms with van der Waals surface area (Å²) in [6.07, 6.45) is 12.5. The first-order valence-corrected chi connectivity index (χ1v) is 7.68. The summed E-state index contributed by atoms with van der Waals surface area (Å²) in [7, 11) is 2.08. The van der Waals surface area contributed by atoms with E-state index >= 15 is 0 Å². The third kappa shape index (κ3) is 4.20. The highest BCUT2D eigenvalue weighted by molar-refractivity contribution is 5.38. The number of nitrogens with zero attached hydrogens (tertiary/aromatic N) is 1. The average Bonchev–Trinajstić information content (AvgIpc) is 2.38. The lowest BCUT2D eigenvalue weighted by molar-refractivity contribution is 0.294. The molecular formula is C16H27N3. The second-order valence-electron chi connectivity index (χ2n) is 5.75. The summed E-state index contributed by atoms with van der Waals surface area (Å²) < 4.78 is 0. The number of hydrogen-bond donors (Lipinski definition) is 2. The first kappa shape index (κ1) is 14.3. The largest absolute Gasteiger partial charge is 0.383 e. The number of nitrogens with one attached hydrogen (secondary N) is 1. The molecule has 1 atom stereocenters. The third-order valence-corrected chi connectivity index (χ3v) is 4.46. The highest BCUT2D eigenvalue weighted by Gasteiger charge is 2.21. The van der Waals surface area contributed by atoms with Crippen molar-refractivity contribution in [1.82, 2.24) is 10.3 Å². The van der Waals surface area contributed by atoms with Gasteiger partial charge >= 0.3 is 0 Å². The Morgan fingerprint density at radius 3 is 2.58 bits per heavy atom. The summed E-state index contributed by atoms with van der Waals surface area (Å²) in [6.45, 7) is 0. The van der Waals surface area contributed by atoms with Gasteiger partial charge < -0.3 is 11.1 Å². The number of hydrogen-bond acceptors (Lipinski definition) is 3. The highest BCUT2D eigenvalue weighted by Crippen LogP contribution is 2.27. The van der Waals surface area contributed by atoms with Crippen LogP contribution in [0.4, 0.5) is 5.82 Å². The van der Waals surface area contributed by atoms with Crippen molar-refractivity contribution in [2.75, 3.05) is 12.8 Å². The summed E-state index contributed by atoms with van der Waals surface area (Å²) in [5.41, 5.74) is 7.15. The molecule has 1 aliphatic rings. The lowest BCUT2D eigenvalue weighted by Crippen LogP contribution is -2.36. The van der Waals surface area contributed by atoms with Gasteiger partial charge in [0.15, 0.2) is 0 Å². The monoisotopic (exact) mass is 261 g/mol. The van der Waals surface area contributed by atoms with Gasteiger partial charge in [0.1, 0.15) is 5.82 Å². The summed E-state index contributed by atoms with van der Waals surface area (Å²) >= 11 is 0. The molecule has 1 fully saturated rings. The lowest BCUT2D eigenvalue weighted by atomic mass is 9.83. The van der Waals surface area contributed by atoms with E-state index in [1.807, 2.05) is 6.07 Å². The van der Waals surface area contributed by atoms with Crippen LogP contribution < -0.4 is 11.1 Å². The fourth-order valence-corrected chi connectivity index (χ4v) is 3.25. The number of nitrogens with two attached hydrogens (primary N) is 1. The molecule has 19 heavy (non-hydrogen) atoms. The van der Waals surface area contributed by atoms with Crippen LogP contribution in [0.25, 0.3) is 0 Å². The van der Waals surface area contributed by atoms with Gasteiger partial charge in [-0.05, 0) is 43.9 Å². The van der Waals surface area contributed by atoms with Crippen LogP contribution in [0.15, 0.2) is 18.3 Å². The van der Waals surface area contributed by atoms with Crippen LogP contribution in [0.1, 0.15) is 50.5 Å². The van der Waals surface area contributed by atoms with Crippen LogP contribution in [0.3, 0.4) is 0 Å². The number of rotatable bonds is 4. The molecule has 1 saturated carbocycles. The predicted octanol–water partition coefficient (Wildman–Crippen LogP) is 3.15. The SMILES string of the molecule is CNC(Cc1cccnc1N)C1CCCCCCC1. The van der Waals surface area contributed by atoms with Gasteiger partial charge in [0, 0.05) is 12.2 Å². The molecule has 0 aromatic carbocycles. The van der Waals surface area contributed by atoms with E-state index < -0.39 is 0 Å². The minimum atomic E-state index is 0.532. The molecule has 0 saturated heterocycles. The maximum absolute atomic E-state index is 5.97. The van der Waals surface area contributed by atoms with Gasteiger partial charge in [-0.25, -0.2) is 4.98 Å². The fraction of sp³-hybridized carbons (Fsp3) is 0.688. The van der Waals surface area contributed by atoms with Crippen molar-refractivity contribution < 1.29 is 0 Å². The van der Waals surface area contributed by atoms with E-state index in [9.17, 15) is 0 Å². The van der Waals surface area contributed by atoms with E-state index in [4.69, 9.17) is 5.73 Å². The summed E-state index contributed by atoms with van der Waals surface area (Å²) in [5, 5.41) is 3.51. The number of pyridine rings is 1. The number of likely N-dealkylation sites (N-methyl/N-ethyl adjacent to an activating group) is 1. The van der Waals surface area contributed by atoms with Crippen molar-refractivity contribution in [3.8, 4) is 0 Å². The van der Waals surface area contributed by atoms with Gasteiger partial charge in [0.25, 0.3) is 0 Å². The molecule has 2 rings (SSSR count). The van der Waals surface area contributed by atoms with Crippen LogP contribution in [-0.2, 0) is 6.42 Å². The third-order valence-electron chi connectivity index (χ3n) is 4.46. The Balaban J connectivity index is 2.00. The van der Waals surface area contributed by atoms with Crippen LogP contribution in [-0.4, -0.2) is 18.1 Å². The molecule has 3 nitrogen and oxygen atoms in total. The molecule has 0 aliphatic heterocycles. The molecule has 1 heterocycles. The first-order valence-electron chi connectivity index (χ1n) is 7.68. The first-order chi connectivity index (χ1) is 9.31. The Labute approximate surface area is 117 Å². The lowest BCUT2D eigenvalue weighted by Gasteiger charge is -2.29. The average molecular weight is 261 g/mol. The van der Waals surface area contributed by atoms with Gasteiger partial charge in [-0.2, -0.15) is 0 Å². The van der Waals surface area contributed by atoms with Crippen molar-refractivity contribution >= 4 is 5.82 Å². The maximum atomic E-state index is 5.97. The fourth-order valence-electron chi connectivity index (χ4n) is 3.25. The zero-order valence-corrected chi connectivity index (χ0v) is 12.1. The van der Waals surface area contributed by atoms with E-state index in [0.717, 1.165) is 12.3 Å². The summed E-state index contributed by atoms with van der Waals surface area (Å²) in [6, 6.07) is 4.62. The minimum Gasteiger partial charge on any atom is -0.383 e. The van der Waals surface area contributed by atoms with Gasteiger partial charge in [-0.3, -0.25) is 0 Å². The number of nitrogen functional groups attached to an aromatic ring is 1. The standard InChI is InChI=1S/C16H27N3/c1-18-15(12-14-10-7-11-19-16(14)17)13-8-5-3-2-4-6-9-13/h7,10-11,13,15,18H,2-6,8-9,12H2,1H3,(H2,17,19). The Bertz CT molecular complexity index is 370. The van der Waals surface area contributed by atoms with Crippen LogP contribution in [0.5, 0.6) is 0 Å². The Morgan fingerprint density at radius 2 is 1.95 bits per heavy atom. The maximum Gasteiger partial charge on any atom is 0.126 e. The van der Waals surface area contributed by atoms with Gasteiger partial charge in [-0.15, -0.1) is 0 Å². The smallest absolute Gasteiger partial charge is 0.126 e. The van der Waals surface area contributed by atoms with Crippen molar-refractivity contribution in [3.05, 3.63) is 23.9 Å². The Kier molecular flexibility index (Phi) is 5.64. The molecule has 0 radical (unpaired) electrons. The molecule has 0 spiro atoms. The van der Waals surface area contributed by atoms with Crippen LogP contribution in [0.2, 0.25) is 0 Å². The summed E-state index contributed by atoms with van der Waals surface area (Å²) in [4.78, 5) is 4.20. The van der Waals surface area contributed by atoms with E-state index in [1.165, 1.54) is 50.5 Å². The van der Waals surface area contributed by atoms with Crippen molar-refractivity contribution in [1.29, 1.82) is 0 Å². The second kappa shape index (κ2) is 7.49. The van der Waals surface area contributed by atoms with Crippen LogP contribution >= 0.6 is 0 Å². The zero-order valence-electron chi connectivity index (χ0n) is 12.1. The number of aromatic nitrogens is 1. The van der Waals surface area contributed by atoms with Crippen molar-refractivity contribution in [2.24, 2.45) is 5.92 Å². The van der Waals surface area contributed by atoms with Crippen molar-refractivity contribution in [2.45, 2.75) is 57.4 Å². The number of anilines is 1. The van der Waals surface area contributed by atoms with Gasteiger partial charge in [-0.1, -0.05) is 38.2 Å². The molecule has 1 aromatic heterocycles. The molecule has 0 bridgehead atoms. The predicted molar refractivity (Wildman–Crippen MR) is 81.0 cm³/mol. The van der Waals surface area contributed by atoms with Gasteiger partial charge in [0.05, 0.1) is 0 Å². The molecule has 3 heteroatoms. The van der Waals surface area contributed by atoms with Gasteiger partial charge in [0.2, 0.25) is 0 Å². The van der Waals surface area contributed by atoms with E-state index in [2.05, 4.69) is 23.4 Å². The van der Waals surface area contributed by atoms with Crippen LogP contribution in [0, 0.1) is 5.92 Å². The normalized spacial score (nSPS) is 19.6. The quantitative estimate of drug-likeness (QED) is 0.875. The molecule has 1 aliphatic carbocycles. The summed E-state index contributed by atoms with van der Waals surface area (Å²) in [5.74, 6) is 1.47. The van der Waals surface area contributed by atoms with Crippen molar-refractivity contribution in [3.63, 3.8) is 0 Å². The molecular weight excluding hydrogens is 234 g/mol. The zero-order chi connectivity index (χ0) is 13.5. The minimum absolute atomic E-state index is 0.532. The molecule has 0 amide bonds. The van der Waals surface area contributed by atoms with E-state index in [1.54, 1.807) is 6.20 Å². The molecule has 106 valence electrons. The molecule has 1 unspecified atom stereocenters.